The average molecular weight is 294 g/mol. The van der Waals surface area contributed by atoms with Crippen LogP contribution in [0.15, 0.2) is 30.6 Å². The smallest absolute Gasteiger partial charge is 0.374 e. The quantitative estimate of drug-likeness (QED) is 0.942. The summed E-state index contributed by atoms with van der Waals surface area (Å²) in [5, 5.41) is 12.0. The molecule has 0 saturated heterocycles. The third kappa shape index (κ3) is 3.16. The van der Waals surface area contributed by atoms with E-state index < -0.39 is 11.7 Å². The number of nitrogens with zero attached hydrogens (tertiary/aromatic N) is 3. The Morgan fingerprint density at radius 1 is 1.38 bits per heavy atom. The molecule has 1 heterocycles. The largest absolute Gasteiger partial charge is 0.416 e. The predicted molar refractivity (Wildman–Crippen MR) is 71.4 cm³/mol. The summed E-state index contributed by atoms with van der Waals surface area (Å²) >= 11 is 0. The number of halogens is 3. The van der Waals surface area contributed by atoms with E-state index in [1.807, 2.05) is 14.0 Å². The molecule has 1 N–H and O–H groups in total. The fourth-order valence-corrected chi connectivity index (χ4v) is 2.03. The molecule has 0 aliphatic rings. The van der Waals surface area contributed by atoms with Crippen LogP contribution in [0.4, 0.5) is 18.9 Å². The Labute approximate surface area is 119 Å². The molecule has 1 atom stereocenters. The number of hydrogen-bond donors (Lipinski definition) is 1. The molecule has 21 heavy (non-hydrogen) atoms. The number of imidazole rings is 1. The van der Waals surface area contributed by atoms with E-state index >= 15 is 0 Å². The van der Waals surface area contributed by atoms with Crippen molar-refractivity contribution in [2.75, 3.05) is 5.32 Å². The van der Waals surface area contributed by atoms with Gasteiger partial charge in [-0.05, 0) is 25.1 Å². The molecule has 0 fully saturated rings. The zero-order valence-corrected chi connectivity index (χ0v) is 11.4. The van der Waals surface area contributed by atoms with Gasteiger partial charge in [-0.15, -0.1) is 0 Å². The van der Waals surface area contributed by atoms with Gasteiger partial charge in [-0.2, -0.15) is 18.4 Å². The van der Waals surface area contributed by atoms with Crippen molar-refractivity contribution in [3.63, 3.8) is 0 Å². The number of anilines is 1. The van der Waals surface area contributed by atoms with Gasteiger partial charge in [0.05, 0.1) is 22.9 Å². The van der Waals surface area contributed by atoms with Crippen LogP contribution in [-0.2, 0) is 13.2 Å². The van der Waals surface area contributed by atoms with E-state index in [1.54, 1.807) is 23.0 Å². The second-order valence-corrected chi connectivity index (χ2v) is 4.63. The van der Waals surface area contributed by atoms with Crippen molar-refractivity contribution in [2.24, 2.45) is 7.05 Å². The van der Waals surface area contributed by atoms with Crippen LogP contribution in [0, 0.1) is 11.3 Å². The van der Waals surface area contributed by atoms with Gasteiger partial charge in [0.25, 0.3) is 0 Å². The number of alkyl halides is 3. The van der Waals surface area contributed by atoms with Crippen LogP contribution in [0.2, 0.25) is 0 Å². The fraction of sp³-hybridized carbons (Fsp3) is 0.286. The number of rotatable bonds is 3. The highest BCUT2D eigenvalue weighted by Gasteiger charge is 2.31. The van der Waals surface area contributed by atoms with Crippen molar-refractivity contribution in [2.45, 2.75) is 19.1 Å². The van der Waals surface area contributed by atoms with Crippen molar-refractivity contribution in [1.29, 1.82) is 5.26 Å². The summed E-state index contributed by atoms with van der Waals surface area (Å²) < 4.78 is 39.7. The first-order valence-electron chi connectivity index (χ1n) is 6.18. The topological polar surface area (TPSA) is 53.6 Å². The van der Waals surface area contributed by atoms with Gasteiger partial charge in [0, 0.05) is 19.4 Å². The van der Waals surface area contributed by atoms with Gasteiger partial charge in [0.1, 0.15) is 11.9 Å². The molecule has 0 radical (unpaired) electrons. The van der Waals surface area contributed by atoms with Gasteiger partial charge in [-0.25, -0.2) is 4.98 Å². The molecular weight excluding hydrogens is 281 g/mol. The maximum Gasteiger partial charge on any atom is 0.416 e. The molecule has 110 valence electrons. The number of nitrogens with one attached hydrogen (secondary N) is 1. The summed E-state index contributed by atoms with van der Waals surface area (Å²) in [7, 11) is 1.82. The molecule has 0 aliphatic heterocycles. The van der Waals surface area contributed by atoms with E-state index in [4.69, 9.17) is 5.26 Å². The second-order valence-electron chi connectivity index (χ2n) is 4.63. The minimum atomic E-state index is -4.46. The van der Waals surface area contributed by atoms with Crippen LogP contribution in [0.1, 0.15) is 29.9 Å². The van der Waals surface area contributed by atoms with E-state index in [0.29, 0.717) is 5.69 Å². The normalized spacial score (nSPS) is 12.8. The van der Waals surface area contributed by atoms with Crippen molar-refractivity contribution in [1.82, 2.24) is 9.55 Å². The summed E-state index contributed by atoms with van der Waals surface area (Å²) in [5.74, 6) is 0.721. The zero-order valence-electron chi connectivity index (χ0n) is 11.4. The summed E-state index contributed by atoms with van der Waals surface area (Å²) in [5.41, 5.74) is -0.541. The third-order valence-corrected chi connectivity index (χ3v) is 3.09. The molecular formula is C14H13F3N4. The summed E-state index contributed by atoms with van der Waals surface area (Å²) in [4.78, 5) is 4.16. The highest BCUT2D eigenvalue weighted by atomic mass is 19.4. The molecule has 0 aliphatic carbocycles. The Bertz CT molecular complexity index is 682. The lowest BCUT2D eigenvalue weighted by Gasteiger charge is -2.17. The average Bonchev–Trinajstić information content (AvgIpc) is 2.84. The molecule has 0 amide bonds. The maximum absolute atomic E-state index is 12.6. The van der Waals surface area contributed by atoms with Crippen LogP contribution < -0.4 is 5.32 Å². The van der Waals surface area contributed by atoms with Crippen LogP contribution in [0.3, 0.4) is 0 Å². The molecule has 2 aromatic rings. The van der Waals surface area contributed by atoms with Crippen molar-refractivity contribution in [3.8, 4) is 6.07 Å². The SMILES string of the molecule is CC(Nc1ccc(C(F)(F)F)cc1C#N)c1nccn1C. The summed E-state index contributed by atoms with van der Waals surface area (Å²) in [6.45, 7) is 1.82. The molecule has 1 aromatic heterocycles. The van der Waals surface area contributed by atoms with Crippen molar-refractivity contribution in [3.05, 3.63) is 47.5 Å². The Balaban J connectivity index is 2.29. The van der Waals surface area contributed by atoms with Gasteiger partial charge >= 0.3 is 6.18 Å². The number of aromatic nitrogens is 2. The molecule has 0 spiro atoms. The van der Waals surface area contributed by atoms with E-state index in [2.05, 4.69) is 10.3 Å². The molecule has 0 saturated carbocycles. The minimum Gasteiger partial charge on any atom is -0.374 e. The first kappa shape index (κ1) is 14.9. The van der Waals surface area contributed by atoms with E-state index in [0.717, 1.165) is 18.0 Å². The van der Waals surface area contributed by atoms with Gasteiger partial charge < -0.3 is 9.88 Å². The molecule has 7 heteroatoms. The standard InChI is InChI=1S/C14H13F3N4/c1-9(13-19-5-6-21(13)2)20-12-4-3-11(14(15,16)17)7-10(12)8-18/h3-7,9,20H,1-2H3. The Hall–Kier alpha value is -2.49. The molecule has 1 aromatic carbocycles. The van der Waals surface area contributed by atoms with E-state index in [9.17, 15) is 13.2 Å². The lowest BCUT2D eigenvalue weighted by molar-refractivity contribution is -0.137. The minimum absolute atomic E-state index is 0.0501. The Morgan fingerprint density at radius 2 is 2.10 bits per heavy atom. The van der Waals surface area contributed by atoms with Crippen LogP contribution in [0.25, 0.3) is 0 Å². The maximum atomic E-state index is 12.6. The Kier molecular flexibility index (Phi) is 3.89. The fourth-order valence-electron chi connectivity index (χ4n) is 2.03. The zero-order chi connectivity index (χ0) is 15.6. The van der Waals surface area contributed by atoms with Crippen LogP contribution in [-0.4, -0.2) is 9.55 Å². The van der Waals surface area contributed by atoms with Gasteiger partial charge in [0.2, 0.25) is 0 Å². The van der Waals surface area contributed by atoms with Gasteiger partial charge in [0.15, 0.2) is 0 Å². The van der Waals surface area contributed by atoms with Gasteiger partial charge in [-0.1, -0.05) is 0 Å². The Morgan fingerprint density at radius 3 is 2.62 bits per heavy atom. The number of nitriles is 1. The molecule has 2 rings (SSSR count). The number of benzene rings is 1. The van der Waals surface area contributed by atoms with E-state index in [-0.39, 0.29) is 11.6 Å². The lowest BCUT2D eigenvalue weighted by Crippen LogP contribution is -2.13. The van der Waals surface area contributed by atoms with Gasteiger partial charge in [-0.3, -0.25) is 0 Å². The highest BCUT2D eigenvalue weighted by Crippen LogP contribution is 2.32. The van der Waals surface area contributed by atoms with Crippen molar-refractivity contribution >= 4 is 5.69 Å². The first-order chi connectivity index (χ1) is 9.82. The predicted octanol–water partition coefficient (Wildman–Crippen LogP) is 3.48. The van der Waals surface area contributed by atoms with Crippen LogP contribution in [0.5, 0.6) is 0 Å². The molecule has 4 nitrogen and oxygen atoms in total. The lowest BCUT2D eigenvalue weighted by atomic mass is 10.1. The number of aryl methyl sites for hydroxylation is 1. The third-order valence-electron chi connectivity index (χ3n) is 3.09. The van der Waals surface area contributed by atoms with E-state index in [1.165, 1.54) is 6.07 Å². The molecule has 1 unspecified atom stereocenters. The highest BCUT2D eigenvalue weighted by molar-refractivity contribution is 5.59. The molecule has 0 bridgehead atoms. The summed E-state index contributed by atoms with van der Waals surface area (Å²) in [6, 6.07) is 4.60. The monoisotopic (exact) mass is 294 g/mol. The number of hydrogen-bond acceptors (Lipinski definition) is 3. The first-order valence-corrected chi connectivity index (χ1v) is 6.18. The van der Waals surface area contributed by atoms with Crippen molar-refractivity contribution < 1.29 is 13.2 Å². The second kappa shape index (κ2) is 5.48. The summed E-state index contributed by atoms with van der Waals surface area (Å²) in [6.07, 6.45) is -1.06. The van der Waals surface area contributed by atoms with Crippen LogP contribution >= 0.6 is 0 Å².